The van der Waals surface area contributed by atoms with Gasteiger partial charge in [-0.25, -0.2) is 0 Å². The van der Waals surface area contributed by atoms with Gasteiger partial charge in [-0.1, -0.05) is 0 Å². The molecule has 19 heavy (non-hydrogen) atoms. The molecule has 1 aromatic carbocycles. The van der Waals surface area contributed by atoms with E-state index in [0.717, 1.165) is 25.8 Å². The molecule has 1 aromatic rings. The number of rotatable bonds is 3. The highest BCUT2D eigenvalue weighted by atomic mass is 35.5. The Balaban J connectivity index is 2.20. The molecule has 0 aromatic heterocycles. The third kappa shape index (κ3) is 2.95. The molecule has 2 rings (SSSR count). The van der Waals surface area contributed by atoms with Crippen LogP contribution in [0.15, 0.2) is 18.2 Å². The molecule has 1 unspecified atom stereocenters. The second kappa shape index (κ2) is 6.15. The van der Waals surface area contributed by atoms with Crippen LogP contribution in [0.3, 0.4) is 0 Å². The fourth-order valence-corrected chi connectivity index (χ4v) is 2.74. The first-order valence-electron chi connectivity index (χ1n) is 6.41. The lowest BCUT2D eigenvalue weighted by molar-refractivity contribution is 0.0638. The average molecular weight is 284 g/mol. The minimum atomic E-state index is -0.0803. The summed E-state index contributed by atoms with van der Waals surface area (Å²) in [4.78, 5) is 14.2. The minimum absolute atomic E-state index is 0.0206. The van der Waals surface area contributed by atoms with Crippen molar-refractivity contribution in [3.8, 4) is 11.5 Å². The number of phenols is 1. The Kier molecular flexibility index (Phi) is 4.53. The van der Waals surface area contributed by atoms with Gasteiger partial charge in [-0.05, 0) is 37.5 Å². The van der Waals surface area contributed by atoms with Gasteiger partial charge in [0, 0.05) is 24.0 Å². The summed E-state index contributed by atoms with van der Waals surface area (Å²) in [5.74, 6) is 0.716. The summed E-state index contributed by atoms with van der Waals surface area (Å²) in [6.07, 6.45) is 3.05. The Bertz CT molecular complexity index is 464. The van der Waals surface area contributed by atoms with Crippen molar-refractivity contribution < 1.29 is 14.6 Å². The second-order valence-electron chi connectivity index (χ2n) is 4.69. The molecule has 1 atom stereocenters. The molecule has 1 saturated heterocycles. The molecule has 1 aliphatic rings. The Hall–Kier alpha value is -1.42. The van der Waals surface area contributed by atoms with E-state index in [1.807, 2.05) is 0 Å². The SMILES string of the molecule is COc1ccc(C(=O)N2CCCCC2CCl)cc1O. The van der Waals surface area contributed by atoms with Gasteiger partial charge in [0.05, 0.1) is 7.11 Å². The van der Waals surface area contributed by atoms with Crippen molar-refractivity contribution in [2.24, 2.45) is 0 Å². The lowest BCUT2D eigenvalue weighted by atomic mass is 10.0. The van der Waals surface area contributed by atoms with E-state index in [-0.39, 0.29) is 17.7 Å². The normalized spacial score (nSPS) is 19.3. The first kappa shape index (κ1) is 14.0. The third-order valence-electron chi connectivity index (χ3n) is 3.49. The number of carbonyl (C=O) groups excluding carboxylic acids is 1. The molecular formula is C14H18ClNO3. The van der Waals surface area contributed by atoms with E-state index in [1.54, 1.807) is 17.0 Å². The zero-order valence-electron chi connectivity index (χ0n) is 10.9. The fraction of sp³-hybridized carbons (Fsp3) is 0.500. The van der Waals surface area contributed by atoms with Crippen LogP contribution in [0.2, 0.25) is 0 Å². The van der Waals surface area contributed by atoms with Crippen LogP contribution >= 0.6 is 11.6 Å². The van der Waals surface area contributed by atoms with Crippen LogP contribution in [-0.4, -0.2) is 41.5 Å². The number of aromatic hydroxyl groups is 1. The lowest BCUT2D eigenvalue weighted by Crippen LogP contribution is -2.44. The maximum atomic E-state index is 12.4. The smallest absolute Gasteiger partial charge is 0.254 e. The van der Waals surface area contributed by atoms with E-state index in [1.165, 1.54) is 13.2 Å². The number of piperidine rings is 1. The molecule has 1 amide bonds. The standard InChI is InChI=1S/C14H18ClNO3/c1-19-13-6-5-10(8-12(13)17)14(18)16-7-3-2-4-11(16)9-15/h5-6,8,11,17H,2-4,7,9H2,1H3. The van der Waals surface area contributed by atoms with Crippen molar-refractivity contribution in [1.29, 1.82) is 0 Å². The van der Waals surface area contributed by atoms with E-state index < -0.39 is 0 Å². The number of phenolic OH excluding ortho intramolecular Hbond substituents is 1. The Morgan fingerprint density at radius 1 is 1.53 bits per heavy atom. The van der Waals surface area contributed by atoms with E-state index in [2.05, 4.69) is 0 Å². The topological polar surface area (TPSA) is 49.8 Å². The number of methoxy groups -OCH3 is 1. The highest BCUT2D eigenvalue weighted by molar-refractivity contribution is 6.18. The number of amides is 1. The maximum Gasteiger partial charge on any atom is 0.254 e. The van der Waals surface area contributed by atoms with Crippen LogP contribution < -0.4 is 4.74 Å². The number of likely N-dealkylation sites (tertiary alicyclic amines) is 1. The van der Waals surface area contributed by atoms with Crippen molar-refractivity contribution in [3.05, 3.63) is 23.8 Å². The summed E-state index contributed by atoms with van der Waals surface area (Å²) in [5, 5.41) is 9.74. The predicted octanol–water partition coefficient (Wildman–Crippen LogP) is 2.63. The number of hydrogen-bond donors (Lipinski definition) is 1. The lowest BCUT2D eigenvalue weighted by Gasteiger charge is -2.34. The van der Waals surface area contributed by atoms with Gasteiger partial charge in [-0.2, -0.15) is 0 Å². The molecule has 4 nitrogen and oxygen atoms in total. The van der Waals surface area contributed by atoms with Crippen LogP contribution in [0, 0.1) is 0 Å². The molecule has 1 heterocycles. The molecule has 0 aliphatic carbocycles. The summed E-state index contributed by atoms with van der Waals surface area (Å²) in [5.41, 5.74) is 0.468. The van der Waals surface area contributed by atoms with Gasteiger partial charge < -0.3 is 14.7 Å². The number of carbonyl (C=O) groups is 1. The molecule has 0 spiro atoms. The van der Waals surface area contributed by atoms with Crippen LogP contribution in [0.25, 0.3) is 0 Å². The molecule has 104 valence electrons. The number of ether oxygens (including phenoxy) is 1. The predicted molar refractivity (Wildman–Crippen MR) is 74.1 cm³/mol. The average Bonchev–Trinajstić information content (AvgIpc) is 2.46. The second-order valence-corrected chi connectivity index (χ2v) is 5.00. The summed E-state index contributed by atoms with van der Waals surface area (Å²) in [6, 6.07) is 4.80. The summed E-state index contributed by atoms with van der Waals surface area (Å²) < 4.78 is 4.97. The molecule has 1 aliphatic heterocycles. The molecule has 5 heteroatoms. The quantitative estimate of drug-likeness (QED) is 0.868. The highest BCUT2D eigenvalue weighted by Gasteiger charge is 2.27. The number of alkyl halides is 1. The van der Waals surface area contributed by atoms with E-state index in [9.17, 15) is 9.90 Å². The number of halogens is 1. The molecule has 1 fully saturated rings. The Morgan fingerprint density at radius 2 is 2.32 bits per heavy atom. The third-order valence-corrected chi connectivity index (χ3v) is 3.85. The van der Waals surface area contributed by atoms with Crippen LogP contribution in [-0.2, 0) is 0 Å². The van der Waals surface area contributed by atoms with Gasteiger partial charge in [0.1, 0.15) is 0 Å². The molecule has 1 N–H and O–H groups in total. The largest absolute Gasteiger partial charge is 0.504 e. The summed E-state index contributed by atoms with van der Waals surface area (Å²) >= 11 is 5.92. The number of hydrogen-bond acceptors (Lipinski definition) is 3. The van der Waals surface area contributed by atoms with Gasteiger partial charge in [0.15, 0.2) is 11.5 Å². The monoisotopic (exact) mass is 283 g/mol. The van der Waals surface area contributed by atoms with Crippen LogP contribution in [0.5, 0.6) is 11.5 Å². The maximum absolute atomic E-state index is 12.4. The number of nitrogens with zero attached hydrogens (tertiary/aromatic N) is 1. The van der Waals surface area contributed by atoms with Crippen LogP contribution in [0.4, 0.5) is 0 Å². The Morgan fingerprint density at radius 3 is 2.95 bits per heavy atom. The van der Waals surface area contributed by atoms with Gasteiger partial charge in [-0.15, -0.1) is 11.6 Å². The highest BCUT2D eigenvalue weighted by Crippen LogP contribution is 2.28. The van der Waals surface area contributed by atoms with Gasteiger partial charge in [0.2, 0.25) is 0 Å². The van der Waals surface area contributed by atoms with Crippen molar-refractivity contribution >= 4 is 17.5 Å². The van der Waals surface area contributed by atoms with E-state index >= 15 is 0 Å². The zero-order chi connectivity index (χ0) is 13.8. The first-order valence-corrected chi connectivity index (χ1v) is 6.94. The van der Waals surface area contributed by atoms with E-state index in [4.69, 9.17) is 16.3 Å². The summed E-state index contributed by atoms with van der Waals surface area (Å²) in [6.45, 7) is 0.725. The van der Waals surface area contributed by atoms with Crippen molar-refractivity contribution in [2.75, 3.05) is 19.5 Å². The minimum Gasteiger partial charge on any atom is -0.504 e. The molecule has 0 radical (unpaired) electrons. The summed E-state index contributed by atoms with van der Waals surface area (Å²) in [7, 11) is 1.48. The molecular weight excluding hydrogens is 266 g/mol. The van der Waals surface area contributed by atoms with Crippen molar-refractivity contribution in [1.82, 2.24) is 4.90 Å². The van der Waals surface area contributed by atoms with Gasteiger partial charge in [-0.3, -0.25) is 4.79 Å². The Labute approximate surface area is 117 Å². The molecule has 0 bridgehead atoms. The first-order chi connectivity index (χ1) is 9.17. The van der Waals surface area contributed by atoms with Crippen LogP contribution in [0.1, 0.15) is 29.6 Å². The molecule has 0 saturated carbocycles. The number of benzene rings is 1. The fourth-order valence-electron chi connectivity index (χ4n) is 2.42. The van der Waals surface area contributed by atoms with Gasteiger partial charge in [0.25, 0.3) is 5.91 Å². The van der Waals surface area contributed by atoms with Crippen molar-refractivity contribution in [3.63, 3.8) is 0 Å². The zero-order valence-corrected chi connectivity index (χ0v) is 11.7. The van der Waals surface area contributed by atoms with E-state index in [0.29, 0.717) is 17.2 Å². The van der Waals surface area contributed by atoms with Crippen molar-refractivity contribution in [2.45, 2.75) is 25.3 Å². The van der Waals surface area contributed by atoms with Gasteiger partial charge >= 0.3 is 0 Å².